The maximum Gasteiger partial charge on any atom is 0.494 e. The van der Waals surface area contributed by atoms with Gasteiger partial charge in [-0.15, -0.1) is 0 Å². The summed E-state index contributed by atoms with van der Waals surface area (Å²) < 4.78 is 126. The van der Waals surface area contributed by atoms with Gasteiger partial charge in [-0.1, -0.05) is 181 Å². The fourth-order valence-corrected chi connectivity index (χ4v) is 9.27. The number of hydrogen-bond acceptors (Lipinski definition) is 8. The molecular formula is C67H80B4O8. The number of hydrogen-bond donors (Lipinski definition) is 0. The molecule has 0 radical (unpaired) electrons. The van der Waals surface area contributed by atoms with E-state index in [1.807, 2.05) is 55.4 Å². The Bertz CT molecular complexity index is 3850. The second-order valence-corrected chi connectivity index (χ2v) is 24.8. The summed E-state index contributed by atoms with van der Waals surface area (Å²) >= 11 is 0. The Morgan fingerprint density at radius 1 is 0.278 bits per heavy atom. The van der Waals surface area contributed by atoms with Gasteiger partial charge in [-0.3, -0.25) is 0 Å². The standard InChI is InChI=1S/C24H23BO2.C18H21BO2.C13H19BO2.C12H17BO2/c1-23(2)24(3,4)27-25(26-23)16-13-14-21-19-11-6-5-9-17(19)18-10-7-8-12-20(18)22(21)15-16;1-17(2)18(3,4)21-19(20-17)16-12-10-15(11-13-16)14-8-6-5-7-9-14;1-10-6-8-11(9-7-10)14-15-12(2,3)13(4,5)16-14;1-11(2)12(3,4)15-13(14-11)10-8-6-5-7-9-10/h5-15H,1-4H3;5-13H,1-4H3;6-9H,1-5H3;5-9H,1-4H3/i;5D,6D,7D,8D,9D;;5D,6D,7D,8D,9D. The Hall–Kier alpha value is -5.52. The molecule has 0 saturated carbocycles. The largest absolute Gasteiger partial charge is 0.494 e. The summed E-state index contributed by atoms with van der Waals surface area (Å²) in [4.78, 5) is 0. The lowest BCUT2D eigenvalue weighted by Crippen LogP contribution is -2.41. The fourth-order valence-electron chi connectivity index (χ4n) is 9.27. The molecule has 0 amide bonds. The zero-order valence-corrected chi connectivity index (χ0v) is 49.0. The van der Waals surface area contributed by atoms with Crippen LogP contribution >= 0.6 is 0 Å². The van der Waals surface area contributed by atoms with Crippen molar-refractivity contribution >= 4 is 82.6 Å². The molecule has 4 saturated heterocycles. The summed E-state index contributed by atoms with van der Waals surface area (Å²) in [6.45, 7) is 34.1. The molecule has 0 N–H and O–H groups in total. The molecule has 8 nitrogen and oxygen atoms in total. The summed E-state index contributed by atoms with van der Waals surface area (Å²) in [5.74, 6) is 0. The van der Waals surface area contributed by atoms with E-state index in [0.717, 1.165) is 16.4 Å². The highest BCUT2D eigenvalue weighted by Crippen LogP contribution is 2.41. The molecule has 0 aromatic heterocycles. The highest BCUT2D eigenvalue weighted by molar-refractivity contribution is 6.63. The lowest BCUT2D eigenvalue weighted by atomic mass is 9.77. The first-order valence-corrected chi connectivity index (χ1v) is 27.2. The molecule has 8 aromatic rings. The van der Waals surface area contributed by atoms with Crippen molar-refractivity contribution in [3.63, 3.8) is 0 Å². The lowest BCUT2D eigenvalue weighted by Gasteiger charge is -2.32. The molecule has 4 fully saturated rings. The van der Waals surface area contributed by atoms with E-state index in [1.165, 1.54) is 37.9 Å². The van der Waals surface area contributed by atoms with Crippen LogP contribution in [0.15, 0.2) is 176 Å². The Balaban J connectivity index is 0.000000144. The van der Waals surface area contributed by atoms with E-state index >= 15 is 0 Å². The van der Waals surface area contributed by atoms with Gasteiger partial charge in [0.1, 0.15) is 0 Å². The van der Waals surface area contributed by atoms with Crippen molar-refractivity contribution in [1.82, 2.24) is 0 Å². The van der Waals surface area contributed by atoms with Gasteiger partial charge in [0.2, 0.25) is 0 Å². The molecule has 0 spiro atoms. The van der Waals surface area contributed by atoms with Gasteiger partial charge in [0.15, 0.2) is 0 Å². The highest BCUT2D eigenvalue weighted by Gasteiger charge is 2.54. The molecule has 8 aromatic carbocycles. The first-order chi connectivity index (χ1) is 41.1. The van der Waals surface area contributed by atoms with E-state index in [4.69, 9.17) is 50.9 Å². The predicted octanol–water partition coefficient (Wildman–Crippen LogP) is 13.4. The van der Waals surface area contributed by atoms with E-state index < -0.39 is 48.7 Å². The minimum atomic E-state index is -0.964. The molecule has 12 heteroatoms. The predicted molar refractivity (Wildman–Crippen MR) is 331 cm³/mol. The van der Waals surface area contributed by atoms with Crippen molar-refractivity contribution in [2.75, 3.05) is 0 Å². The minimum Gasteiger partial charge on any atom is -0.399 e. The molecule has 0 unspecified atom stereocenters. The average Bonchev–Trinajstić information content (AvgIpc) is 2.44. The van der Waals surface area contributed by atoms with Crippen LogP contribution in [-0.2, 0) is 37.2 Å². The second kappa shape index (κ2) is 21.8. The van der Waals surface area contributed by atoms with E-state index in [9.17, 15) is 0 Å². The van der Waals surface area contributed by atoms with Crippen LogP contribution in [0.25, 0.3) is 43.4 Å². The van der Waals surface area contributed by atoms with Crippen molar-refractivity contribution in [2.24, 2.45) is 0 Å². The molecule has 0 bridgehead atoms. The zero-order chi connectivity index (χ0) is 65.7. The number of aryl methyl sites for hydroxylation is 1. The van der Waals surface area contributed by atoms with Gasteiger partial charge in [-0.2, -0.15) is 0 Å². The van der Waals surface area contributed by atoms with Gasteiger partial charge in [0.05, 0.1) is 58.5 Å². The van der Waals surface area contributed by atoms with Crippen molar-refractivity contribution in [2.45, 2.75) is 163 Å². The van der Waals surface area contributed by atoms with Gasteiger partial charge in [0, 0.05) is 0 Å². The molecule has 0 aliphatic carbocycles. The molecular weight excluding hydrogens is 976 g/mol. The van der Waals surface area contributed by atoms with Gasteiger partial charge < -0.3 is 37.2 Å². The highest BCUT2D eigenvalue weighted by atomic mass is 16.7. The van der Waals surface area contributed by atoms with Crippen LogP contribution in [0.3, 0.4) is 0 Å². The number of fused-ring (bicyclic) bond motifs is 6. The van der Waals surface area contributed by atoms with Gasteiger partial charge in [-0.25, -0.2) is 0 Å². The van der Waals surface area contributed by atoms with E-state index in [0.29, 0.717) is 5.56 Å². The van der Waals surface area contributed by atoms with Crippen LogP contribution in [0, 0.1) is 6.92 Å². The van der Waals surface area contributed by atoms with Crippen molar-refractivity contribution in [3.8, 4) is 11.1 Å². The third-order valence-corrected chi connectivity index (χ3v) is 17.1. The smallest absolute Gasteiger partial charge is 0.399 e. The first kappa shape index (κ1) is 46.1. The van der Waals surface area contributed by atoms with Crippen LogP contribution in [0.4, 0.5) is 0 Å². The monoisotopic (exact) mass is 1070 g/mol. The van der Waals surface area contributed by atoms with Gasteiger partial charge in [0.25, 0.3) is 0 Å². The first-order valence-electron chi connectivity index (χ1n) is 32.2. The normalized spacial score (nSPS) is 22.3. The Morgan fingerprint density at radius 2 is 0.557 bits per heavy atom. The van der Waals surface area contributed by atoms with Crippen molar-refractivity contribution in [3.05, 3.63) is 181 Å². The molecule has 12 rings (SSSR count). The quantitative estimate of drug-likeness (QED) is 0.125. The number of rotatable bonds is 5. The molecule has 79 heavy (non-hydrogen) atoms. The van der Waals surface area contributed by atoms with Crippen molar-refractivity contribution in [1.29, 1.82) is 0 Å². The Morgan fingerprint density at radius 3 is 0.924 bits per heavy atom. The summed E-state index contributed by atoms with van der Waals surface area (Å²) in [5.41, 5.74) is 1.70. The van der Waals surface area contributed by atoms with Crippen LogP contribution < -0.4 is 21.9 Å². The topological polar surface area (TPSA) is 73.8 Å². The maximum absolute atomic E-state index is 8.08. The average molecular weight is 1070 g/mol. The van der Waals surface area contributed by atoms with Gasteiger partial charge in [-0.05, 0) is 183 Å². The Labute approximate surface area is 486 Å². The van der Waals surface area contributed by atoms with E-state index in [1.54, 1.807) is 24.3 Å². The fraction of sp³-hybridized carbons (Fsp3) is 0.373. The van der Waals surface area contributed by atoms with Crippen LogP contribution in [0.2, 0.25) is 0 Å². The molecule has 4 heterocycles. The van der Waals surface area contributed by atoms with Crippen molar-refractivity contribution < 1.29 is 50.9 Å². The molecule has 4 aliphatic heterocycles. The zero-order valence-electron chi connectivity index (χ0n) is 59.0. The van der Waals surface area contributed by atoms with Crippen LogP contribution in [0.5, 0.6) is 0 Å². The lowest BCUT2D eigenvalue weighted by molar-refractivity contribution is 0.00578. The molecule has 408 valence electrons. The minimum absolute atomic E-state index is 0.0506. The van der Waals surface area contributed by atoms with Crippen LogP contribution in [0.1, 0.15) is 130 Å². The third kappa shape index (κ3) is 12.0. The van der Waals surface area contributed by atoms with E-state index in [2.05, 4.69) is 153 Å². The summed E-state index contributed by atoms with van der Waals surface area (Å²) in [6, 6.07) is 36.0. The SMILES string of the molecule is CC1(C)OB(c2ccc3c4ccccc4c4ccccc4c3c2)OC1(C)C.Cc1ccc(B2OC(C)(C)C(C)(C)O2)cc1.[2H]c1c([2H])c([2H])c(-c2ccc(B3OC(C)(C)C(C)(C)O3)cc2)c([2H])c1[2H].[2H]c1c([2H])c([2H])c(B2OC(C)(C)C(C)(C)O2)c([2H])c1[2H]. The second-order valence-electron chi connectivity index (χ2n) is 24.8. The molecule has 4 aliphatic rings. The van der Waals surface area contributed by atoms with Gasteiger partial charge >= 0.3 is 28.5 Å². The Kier molecular flexibility index (Phi) is 12.7. The number of benzene rings is 8. The maximum atomic E-state index is 8.08. The third-order valence-electron chi connectivity index (χ3n) is 17.1. The molecule has 0 atom stereocenters. The van der Waals surface area contributed by atoms with E-state index in [-0.39, 0.29) is 96.0 Å². The summed E-state index contributed by atoms with van der Waals surface area (Å²) in [6.07, 6.45) is 0. The van der Waals surface area contributed by atoms with Crippen LogP contribution in [-0.4, -0.2) is 73.3 Å². The summed E-state index contributed by atoms with van der Waals surface area (Å²) in [7, 11) is -2.06. The summed E-state index contributed by atoms with van der Waals surface area (Å²) in [5, 5.41) is 7.65.